The third-order valence-electron chi connectivity index (χ3n) is 0.888. The van der Waals surface area contributed by atoms with Gasteiger partial charge in [0.05, 0.1) is 0 Å². The maximum Gasteiger partial charge on any atom is 0.0379 e. The highest BCUT2D eigenvalue weighted by molar-refractivity contribution is 9.10. The lowest BCUT2D eigenvalue weighted by Crippen LogP contribution is -1.64. The van der Waals surface area contributed by atoms with E-state index in [9.17, 15) is 0 Å². The molecule has 0 amide bonds. The quantitative estimate of drug-likeness (QED) is 0.597. The van der Waals surface area contributed by atoms with Crippen molar-refractivity contribution in [3.63, 3.8) is 0 Å². The molecule has 0 bridgehead atoms. The lowest BCUT2D eigenvalue weighted by Gasteiger charge is -1.79. The fraction of sp³-hybridized carbons (Fsp3) is 0.200. The molecule has 1 nitrogen and oxygen atoms in total. The van der Waals surface area contributed by atoms with Crippen LogP contribution in [0.4, 0.5) is 0 Å². The first-order valence-corrected chi connectivity index (χ1v) is 2.89. The molecular formula is C5H6BrN. The second-order valence-electron chi connectivity index (χ2n) is 1.45. The summed E-state index contributed by atoms with van der Waals surface area (Å²) in [7, 11) is 0. The summed E-state index contributed by atoms with van der Waals surface area (Å²) in [6.45, 7) is 2.02. The molecule has 0 spiro atoms. The number of nitrogens with one attached hydrogen (secondary N) is 1. The Balaban J connectivity index is 3.12. The van der Waals surface area contributed by atoms with E-state index in [2.05, 4.69) is 20.9 Å². The van der Waals surface area contributed by atoms with Crippen LogP contribution in [0.3, 0.4) is 0 Å². The number of aromatic nitrogens is 1. The van der Waals surface area contributed by atoms with Gasteiger partial charge in [-0.1, -0.05) is 0 Å². The summed E-state index contributed by atoms with van der Waals surface area (Å²) >= 11 is 3.33. The minimum Gasteiger partial charge on any atom is -0.364 e. The molecule has 38 valence electrons. The van der Waals surface area contributed by atoms with Gasteiger partial charge in [0.2, 0.25) is 0 Å². The molecule has 1 heterocycles. The highest BCUT2D eigenvalue weighted by Gasteiger charge is 1.87. The topological polar surface area (TPSA) is 15.8 Å². The average Bonchev–Trinajstić information content (AvgIpc) is 1.91. The van der Waals surface area contributed by atoms with Crippen LogP contribution in [-0.2, 0) is 0 Å². The predicted octanol–water partition coefficient (Wildman–Crippen LogP) is 2.09. The molecule has 0 saturated carbocycles. The van der Waals surface area contributed by atoms with Gasteiger partial charge in [-0.3, -0.25) is 0 Å². The Hall–Kier alpha value is -0.240. The summed E-state index contributed by atoms with van der Waals surface area (Å²) in [4.78, 5) is 3.02. The monoisotopic (exact) mass is 159 g/mol. The minimum atomic E-state index is 1.15. The van der Waals surface area contributed by atoms with Crippen LogP contribution in [0.15, 0.2) is 16.7 Å². The maximum absolute atomic E-state index is 3.33. The Morgan fingerprint density at radius 1 is 1.71 bits per heavy atom. The Kier molecular flexibility index (Phi) is 1.19. The van der Waals surface area contributed by atoms with E-state index in [1.54, 1.807) is 0 Å². The smallest absolute Gasteiger partial charge is 0.0379 e. The molecule has 0 aromatic carbocycles. The van der Waals surface area contributed by atoms with E-state index in [-0.39, 0.29) is 0 Å². The molecule has 0 aliphatic heterocycles. The van der Waals surface area contributed by atoms with Crippen LogP contribution in [0.2, 0.25) is 0 Å². The maximum atomic E-state index is 3.33. The fourth-order valence-corrected chi connectivity index (χ4v) is 0.680. The van der Waals surface area contributed by atoms with E-state index in [4.69, 9.17) is 0 Å². The Morgan fingerprint density at radius 2 is 2.43 bits per heavy atom. The number of hydrogen-bond donors (Lipinski definition) is 1. The van der Waals surface area contributed by atoms with Crippen molar-refractivity contribution in [1.29, 1.82) is 0 Å². The van der Waals surface area contributed by atoms with Crippen LogP contribution < -0.4 is 0 Å². The standard InChI is InChI=1S/C5H6BrN/c1-4-5(6)2-3-7-4/h2-3,7H,1H3. The van der Waals surface area contributed by atoms with Gasteiger partial charge in [0.25, 0.3) is 0 Å². The number of rotatable bonds is 0. The second-order valence-corrected chi connectivity index (χ2v) is 2.30. The van der Waals surface area contributed by atoms with E-state index in [1.165, 1.54) is 5.69 Å². The number of hydrogen-bond acceptors (Lipinski definition) is 0. The van der Waals surface area contributed by atoms with Crippen molar-refractivity contribution in [1.82, 2.24) is 4.98 Å². The first-order valence-electron chi connectivity index (χ1n) is 2.10. The zero-order chi connectivity index (χ0) is 5.28. The van der Waals surface area contributed by atoms with Gasteiger partial charge in [0, 0.05) is 16.4 Å². The molecule has 0 radical (unpaired) electrons. The van der Waals surface area contributed by atoms with Gasteiger partial charge in [0.1, 0.15) is 0 Å². The minimum absolute atomic E-state index is 1.15. The molecule has 1 rings (SSSR count). The molecule has 0 aliphatic rings. The molecule has 0 aliphatic carbocycles. The number of aryl methyl sites for hydroxylation is 1. The van der Waals surface area contributed by atoms with Crippen LogP contribution in [-0.4, -0.2) is 4.98 Å². The third kappa shape index (κ3) is 0.855. The third-order valence-corrected chi connectivity index (χ3v) is 1.75. The van der Waals surface area contributed by atoms with Gasteiger partial charge in [-0.05, 0) is 28.9 Å². The molecule has 1 aromatic heterocycles. The normalized spacial score (nSPS) is 9.43. The molecule has 1 aromatic rings. The highest BCUT2D eigenvalue weighted by atomic mass is 79.9. The highest BCUT2D eigenvalue weighted by Crippen LogP contribution is 2.11. The summed E-state index contributed by atoms with van der Waals surface area (Å²) in [5, 5.41) is 0. The lowest BCUT2D eigenvalue weighted by atomic mass is 10.5. The van der Waals surface area contributed by atoms with Crippen molar-refractivity contribution in [3.05, 3.63) is 22.4 Å². The Labute approximate surface area is 50.9 Å². The summed E-state index contributed by atoms with van der Waals surface area (Å²) in [6.07, 6.45) is 1.90. The Morgan fingerprint density at radius 3 is 2.57 bits per heavy atom. The van der Waals surface area contributed by atoms with Gasteiger partial charge in [-0.2, -0.15) is 0 Å². The van der Waals surface area contributed by atoms with Crippen molar-refractivity contribution in [3.8, 4) is 0 Å². The molecule has 7 heavy (non-hydrogen) atoms. The van der Waals surface area contributed by atoms with Crippen LogP contribution in [0.1, 0.15) is 5.69 Å². The summed E-state index contributed by atoms with van der Waals surface area (Å²) in [6, 6.07) is 1.98. The molecule has 0 atom stereocenters. The lowest BCUT2D eigenvalue weighted by molar-refractivity contribution is 1.25. The van der Waals surface area contributed by atoms with Crippen molar-refractivity contribution >= 4 is 15.9 Å². The molecule has 0 fully saturated rings. The molecule has 1 N–H and O–H groups in total. The van der Waals surface area contributed by atoms with Crippen molar-refractivity contribution < 1.29 is 0 Å². The Bertz CT molecular complexity index is 140. The summed E-state index contributed by atoms with van der Waals surface area (Å²) in [5.41, 5.74) is 1.18. The average molecular weight is 160 g/mol. The molecular weight excluding hydrogens is 154 g/mol. The zero-order valence-corrected chi connectivity index (χ0v) is 5.62. The van der Waals surface area contributed by atoms with Crippen LogP contribution in [0.5, 0.6) is 0 Å². The van der Waals surface area contributed by atoms with Gasteiger partial charge < -0.3 is 4.98 Å². The fourth-order valence-electron chi connectivity index (χ4n) is 0.434. The van der Waals surface area contributed by atoms with Gasteiger partial charge in [-0.25, -0.2) is 0 Å². The summed E-state index contributed by atoms with van der Waals surface area (Å²) < 4.78 is 1.15. The number of H-pyrrole nitrogens is 1. The van der Waals surface area contributed by atoms with E-state index in [0.29, 0.717) is 0 Å². The molecule has 2 heteroatoms. The largest absolute Gasteiger partial charge is 0.364 e. The van der Waals surface area contributed by atoms with Crippen LogP contribution >= 0.6 is 15.9 Å². The van der Waals surface area contributed by atoms with Crippen LogP contribution in [0.25, 0.3) is 0 Å². The van der Waals surface area contributed by atoms with E-state index in [1.807, 2.05) is 19.2 Å². The van der Waals surface area contributed by atoms with E-state index in [0.717, 1.165) is 4.47 Å². The number of halogens is 1. The van der Waals surface area contributed by atoms with Gasteiger partial charge in [0.15, 0.2) is 0 Å². The van der Waals surface area contributed by atoms with Gasteiger partial charge in [-0.15, -0.1) is 0 Å². The number of aromatic amines is 1. The summed E-state index contributed by atoms with van der Waals surface area (Å²) in [5.74, 6) is 0. The van der Waals surface area contributed by atoms with Crippen molar-refractivity contribution in [2.24, 2.45) is 0 Å². The van der Waals surface area contributed by atoms with Gasteiger partial charge >= 0.3 is 0 Å². The predicted molar refractivity (Wildman–Crippen MR) is 33.2 cm³/mol. The first kappa shape index (κ1) is 4.91. The van der Waals surface area contributed by atoms with E-state index >= 15 is 0 Å². The molecule has 0 unspecified atom stereocenters. The van der Waals surface area contributed by atoms with Crippen molar-refractivity contribution in [2.45, 2.75) is 6.92 Å². The molecule has 0 saturated heterocycles. The van der Waals surface area contributed by atoms with E-state index < -0.39 is 0 Å². The zero-order valence-electron chi connectivity index (χ0n) is 4.03. The van der Waals surface area contributed by atoms with Crippen molar-refractivity contribution in [2.75, 3.05) is 0 Å². The first-order chi connectivity index (χ1) is 3.30. The SMILES string of the molecule is Cc1[nH]ccc1Br. The second kappa shape index (κ2) is 1.70. The van der Waals surface area contributed by atoms with Crippen LogP contribution in [0, 0.1) is 6.92 Å².